The molecule has 2 heterocycles. The molecule has 0 atom stereocenters. The van der Waals surface area contributed by atoms with Crippen molar-refractivity contribution in [3.63, 3.8) is 0 Å². The van der Waals surface area contributed by atoms with Crippen molar-refractivity contribution < 1.29 is 4.79 Å². The molecule has 1 saturated heterocycles. The molecule has 0 bridgehead atoms. The highest BCUT2D eigenvalue weighted by molar-refractivity contribution is 5.94. The Kier molecular flexibility index (Phi) is 8.22. The van der Waals surface area contributed by atoms with Crippen LogP contribution in [0.2, 0.25) is 0 Å². The van der Waals surface area contributed by atoms with Crippen molar-refractivity contribution >= 4 is 17.6 Å². The van der Waals surface area contributed by atoms with Gasteiger partial charge < -0.3 is 10.2 Å². The van der Waals surface area contributed by atoms with Gasteiger partial charge in [0.05, 0.1) is 0 Å². The van der Waals surface area contributed by atoms with Crippen LogP contribution >= 0.6 is 0 Å². The van der Waals surface area contributed by atoms with E-state index in [1.54, 1.807) is 12.4 Å². The lowest BCUT2D eigenvalue weighted by Gasteiger charge is -2.32. The number of piperidine rings is 1. The summed E-state index contributed by atoms with van der Waals surface area (Å²) >= 11 is 0. The van der Waals surface area contributed by atoms with Gasteiger partial charge in [0.25, 0.3) is 11.9 Å². The van der Waals surface area contributed by atoms with Crippen LogP contribution in [0.4, 0.5) is 5.69 Å². The molecule has 30 heavy (non-hydrogen) atoms. The number of likely N-dealkylation sites (tertiary alicyclic amines) is 1. The van der Waals surface area contributed by atoms with Gasteiger partial charge in [0.15, 0.2) is 0 Å². The second-order valence-electron chi connectivity index (χ2n) is 7.41. The largest absolute Gasteiger partial charge is 0.339 e. The first-order valence-electron chi connectivity index (χ1n) is 10.4. The lowest BCUT2D eigenvalue weighted by Crippen LogP contribution is -2.38. The van der Waals surface area contributed by atoms with E-state index < -0.39 is 0 Å². The van der Waals surface area contributed by atoms with Gasteiger partial charge in [0.1, 0.15) is 0 Å². The van der Waals surface area contributed by atoms with Crippen LogP contribution in [0.15, 0.2) is 59.9 Å². The van der Waals surface area contributed by atoms with Crippen molar-refractivity contribution in [3.05, 3.63) is 71.9 Å². The fourth-order valence-electron chi connectivity index (χ4n) is 3.65. The molecule has 0 aliphatic carbocycles. The summed E-state index contributed by atoms with van der Waals surface area (Å²) in [6.45, 7) is 9.35. The van der Waals surface area contributed by atoms with E-state index >= 15 is 0 Å². The fraction of sp³-hybridized carbons (Fsp3) is 0.391. The van der Waals surface area contributed by atoms with E-state index in [1.807, 2.05) is 47.4 Å². The van der Waals surface area contributed by atoms with Crippen LogP contribution in [0.1, 0.15) is 42.5 Å². The fourth-order valence-corrected chi connectivity index (χ4v) is 3.65. The normalized spacial score (nSPS) is 14.8. The maximum atomic E-state index is 12.5. The third-order valence-electron chi connectivity index (χ3n) is 5.32. The Balaban J connectivity index is 1.35. The van der Waals surface area contributed by atoms with Crippen LogP contribution < -0.4 is 10.7 Å². The number of carbonyl (C=O) groups is 1. The molecule has 0 saturated carbocycles. The Morgan fingerprint density at radius 3 is 2.57 bits per heavy atom. The lowest BCUT2D eigenvalue weighted by molar-refractivity contribution is 0.0686. The summed E-state index contributed by atoms with van der Waals surface area (Å²) in [5, 5.41) is 3.10. The second-order valence-corrected chi connectivity index (χ2v) is 7.41. The zero-order chi connectivity index (χ0) is 21.0. The number of guanidine groups is 1. The second kappa shape index (κ2) is 11.6. The van der Waals surface area contributed by atoms with Gasteiger partial charge in [-0.25, -0.2) is 4.99 Å². The van der Waals surface area contributed by atoms with Crippen LogP contribution in [0.25, 0.3) is 4.95 Å². The smallest absolute Gasteiger partial charge is 0.266 e. The summed E-state index contributed by atoms with van der Waals surface area (Å²) in [7, 11) is 0. The van der Waals surface area contributed by atoms with E-state index in [2.05, 4.69) is 25.7 Å². The van der Waals surface area contributed by atoms with Gasteiger partial charge in [-0.15, -0.1) is 0 Å². The number of amides is 1. The lowest BCUT2D eigenvalue weighted by atomic mass is 9.91. The van der Waals surface area contributed by atoms with Crippen molar-refractivity contribution in [1.82, 2.24) is 15.3 Å². The van der Waals surface area contributed by atoms with E-state index in [4.69, 9.17) is 6.57 Å². The number of aliphatic imine (C=N–C) groups is 1. The maximum Gasteiger partial charge on any atom is 0.266 e. The predicted octanol–water partition coefficient (Wildman–Crippen LogP) is 4.00. The highest BCUT2D eigenvalue weighted by Crippen LogP contribution is 2.23. The number of aromatic nitrogens is 1. The van der Waals surface area contributed by atoms with E-state index in [1.165, 1.54) is 0 Å². The first kappa shape index (κ1) is 21.3. The Bertz CT molecular complexity index is 854. The molecule has 1 aromatic carbocycles. The third-order valence-corrected chi connectivity index (χ3v) is 5.32. The molecule has 0 spiro atoms. The van der Waals surface area contributed by atoms with Gasteiger partial charge in [0, 0.05) is 43.3 Å². The van der Waals surface area contributed by atoms with Crippen molar-refractivity contribution in [2.45, 2.75) is 32.1 Å². The van der Waals surface area contributed by atoms with Crippen LogP contribution in [0.5, 0.6) is 0 Å². The number of hydrogen-bond acceptors (Lipinski definition) is 3. The average molecular weight is 405 g/mol. The van der Waals surface area contributed by atoms with Gasteiger partial charge >= 0.3 is 0 Å². The number of hydrogen-bond donors (Lipinski definition) is 2. The van der Waals surface area contributed by atoms with Crippen LogP contribution in [0, 0.1) is 12.5 Å². The molecule has 0 radical (unpaired) electrons. The monoisotopic (exact) mass is 404 g/mol. The topological polar surface area (TPSA) is 74.0 Å². The van der Waals surface area contributed by atoms with Crippen molar-refractivity contribution in [3.8, 4) is 0 Å². The average Bonchev–Trinajstić information content (AvgIpc) is 2.80. The number of nitrogens with one attached hydrogen (secondary N) is 2. The Hall–Kier alpha value is -3.40. The molecular formula is C23H28N6O. The summed E-state index contributed by atoms with van der Waals surface area (Å²) in [6, 6.07) is 13.2. The number of pyridine rings is 1. The minimum atomic E-state index is 0.143. The van der Waals surface area contributed by atoms with Gasteiger partial charge in [0.2, 0.25) is 0 Å². The molecule has 1 aliphatic rings. The minimum Gasteiger partial charge on any atom is -0.339 e. The molecule has 1 aliphatic heterocycles. The SMILES string of the molecule is [C-]#[N+]NC(=NCCCCC1CCN(C(=O)c2ccccc2)CC1)Nc1ccncc1. The van der Waals surface area contributed by atoms with E-state index in [0.29, 0.717) is 18.4 Å². The molecule has 0 unspecified atom stereocenters. The molecule has 2 aromatic rings. The standard InChI is InChI=1S/C23H28N6O/c1-24-28-23(27-21-10-15-25-16-11-21)26-14-6-5-7-19-12-17-29(18-13-19)22(30)20-8-3-2-4-9-20/h2-4,8-11,15-16,19H,5-7,12-14,17-18H2,(H2,25,26,27,28). The number of rotatable bonds is 7. The molecule has 1 aromatic heterocycles. The summed E-state index contributed by atoms with van der Waals surface area (Å²) in [6.07, 6.45) is 8.75. The van der Waals surface area contributed by atoms with Crippen LogP contribution in [-0.2, 0) is 0 Å². The Morgan fingerprint density at radius 2 is 1.87 bits per heavy atom. The first-order chi connectivity index (χ1) is 14.8. The van der Waals surface area contributed by atoms with Gasteiger partial charge in [-0.2, -0.15) is 11.5 Å². The summed E-state index contributed by atoms with van der Waals surface area (Å²) in [4.78, 5) is 26.2. The van der Waals surface area contributed by atoms with Crippen molar-refractivity contribution in [2.24, 2.45) is 10.9 Å². The van der Waals surface area contributed by atoms with E-state index in [0.717, 1.165) is 56.4 Å². The van der Waals surface area contributed by atoms with Crippen LogP contribution in [-0.4, -0.2) is 41.4 Å². The van der Waals surface area contributed by atoms with Gasteiger partial charge in [-0.05, 0) is 49.4 Å². The predicted molar refractivity (Wildman–Crippen MR) is 119 cm³/mol. The Labute approximate surface area is 178 Å². The van der Waals surface area contributed by atoms with E-state index in [-0.39, 0.29) is 5.91 Å². The Morgan fingerprint density at radius 1 is 1.13 bits per heavy atom. The molecule has 1 amide bonds. The number of benzene rings is 1. The zero-order valence-electron chi connectivity index (χ0n) is 17.1. The molecular weight excluding hydrogens is 376 g/mol. The molecule has 7 heteroatoms. The quantitative estimate of drug-likeness (QED) is 0.241. The number of anilines is 1. The highest BCUT2D eigenvalue weighted by atomic mass is 16.2. The zero-order valence-corrected chi connectivity index (χ0v) is 17.1. The third kappa shape index (κ3) is 6.59. The maximum absolute atomic E-state index is 12.5. The first-order valence-corrected chi connectivity index (χ1v) is 10.4. The van der Waals surface area contributed by atoms with E-state index in [9.17, 15) is 4.79 Å². The van der Waals surface area contributed by atoms with Gasteiger partial charge in [-0.3, -0.25) is 9.78 Å². The molecule has 2 N–H and O–H groups in total. The molecule has 3 rings (SSSR count). The van der Waals surface area contributed by atoms with Crippen molar-refractivity contribution in [2.75, 3.05) is 25.0 Å². The number of nitrogens with zero attached hydrogens (tertiary/aromatic N) is 4. The highest BCUT2D eigenvalue weighted by Gasteiger charge is 2.23. The summed E-state index contributed by atoms with van der Waals surface area (Å²) < 4.78 is 0. The molecule has 156 valence electrons. The summed E-state index contributed by atoms with van der Waals surface area (Å²) in [5.41, 5.74) is 4.19. The molecule has 7 nitrogen and oxygen atoms in total. The number of carbonyl (C=O) groups excluding carboxylic acids is 1. The summed E-state index contributed by atoms with van der Waals surface area (Å²) in [5.74, 6) is 1.28. The van der Waals surface area contributed by atoms with Gasteiger partial charge in [-0.1, -0.05) is 36.5 Å². The minimum absolute atomic E-state index is 0.143. The molecule has 1 fully saturated rings. The number of unbranched alkanes of at least 4 members (excludes halogenated alkanes) is 1. The van der Waals surface area contributed by atoms with Crippen LogP contribution in [0.3, 0.4) is 0 Å². The van der Waals surface area contributed by atoms with Crippen molar-refractivity contribution in [1.29, 1.82) is 0 Å².